The van der Waals surface area contributed by atoms with Gasteiger partial charge in [-0.3, -0.25) is 0 Å². The van der Waals surface area contributed by atoms with Crippen LogP contribution < -0.4 is 9.47 Å². The second kappa shape index (κ2) is 7.35. The van der Waals surface area contributed by atoms with E-state index in [0.717, 1.165) is 15.8 Å². The molecule has 1 N–H and O–H groups in total. The Morgan fingerprint density at radius 2 is 1.82 bits per heavy atom. The van der Waals surface area contributed by atoms with Gasteiger partial charge in [0.05, 0.1) is 31.6 Å². The summed E-state index contributed by atoms with van der Waals surface area (Å²) < 4.78 is 36.1. The fourth-order valence-electron chi connectivity index (χ4n) is 2.85. The Kier molecular flexibility index (Phi) is 5.10. The average Bonchev–Trinajstić information content (AvgIpc) is 3.04. The van der Waals surface area contributed by atoms with E-state index in [1.807, 2.05) is 0 Å². The van der Waals surface area contributed by atoms with E-state index < -0.39 is 16.0 Å². The fourth-order valence-corrected chi connectivity index (χ4v) is 3.80. The zero-order valence-corrected chi connectivity index (χ0v) is 16.2. The summed E-state index contributed by atoms with van der Waals surface area (Å²) in [5.74, 6) is 0.00344. The molecule has 0 fully saturated rings. The Morgan fingerprint density at radius 1 is 1.11 bits per heavy atom. The molecule has 0 bridgehead atoms. The van der Waals surface area contributed by atoms with Crippen molar-refractivity contribution in [3.8, 4) is 11.5 Å². The predicted molar refractivity (Wildman–Crippen MR) is 105 cm³/mol. The summed E-state index contributed by atoms with van der Waals surface area (Å²) >= 11 is 0. The van der Waals surface area contributed by atoms with Crippen LogP contribution in [0.1, 0.15) is 21.7 Å². The molecule has 0 spiro atoms. The van der Waals surface area contributed by atoms with Gasteiger partial charge in [-0.1, -0.05) is 18.2 Å². The summed E-state index contributed by atoms with van der Waals surface area (Å²) in [5.41, 5.74) is 0.964. The molecule has 1 heterocycles. The number of rotatable bonds is 6. The van der Waals surface area contributed by atoms with Crippen LogP contribution in [0, 0.1) is 0 Å². The maximum absolute atomic E-state index is 12.3. The molecule has 0 atom stereocenters. The van der Waals surface area contributed by atoms with Gasteiger partial charge in [0.25, 0.3) is 0 Å². The molecule has 0 unspecified atom stereocenters. The van der Waals surface area contributed by atoms with Crippen molar-refractivity contribution >= 4 is 39.2 Å². The number of hydrogen-bond acceptors (Lipinski definition) is 6. The third kappa shape index (κ3) is 3.56. The quantitative estimate of drug-likeness (QED) is 0.675. The third-order valence-corrected chi connectivity index (χ3v) is 5.11. The number of hydrogen-bond donors (Lipinski definition) is 1. The van der Waals surface area contributed by atoms with Crippen molar-refractivity contribution in [1.29, 1.82) is 0 Å². The van der Waals surface area contributed by atoms with Gasteiger partial charge in [0.1, 0.15) is 11.3 Å². The van der Waals surface area contributed by atoms with E-state index in [-0.39, 0.29) is 22.4 Å². The van der Waals surface area contributed by atoms with Crippen LogP contribution in [-0.2, 0) is 10.0 Å². The molecule has 3 rings (SSSR count). The summed E-state index contributed by atoms with van der Waals surface area (Å²) in [7, 11) is -0.676. The number of ether oxygens (including phenoxy) is 2. The number of para-hydroxylation sites is 1. The molecular formula is C19H18N2O6S. The van der Waals surface area contributed by atoms with Crippen molar-refractivity contribution in [2.24, 2.45) is 0 Å². The molecule has 146 valence electrons. The van der Waals surface area contributed by atoms with Crippen molar-refractivity contribution in [2.75, 3.05) is 20.5 Å². The molecule has 0 amide bonds. The number of methoxy groups -OCH3 is 2. The maximum Gasteiger partial charge on any atom is 0.337 e. The molecule has 28 heavy (non-hydrogen) atoms. The molecule has 9 heteroatoms. The highest BCUT2D eigenvalue weighted by Gasteiger charge is 2.20. The lowest BCUT2D eigenvalue weighted by atomic mass is 10.2. The Hall–Kier alpha value is -3.33. The second-order valence-corrected chi connectivity index (χ2v) is 7.75. The first-order valence-electron chi connectivity index (χ1n) is 8.11. The van der Waals surface area contributed by atoms with E-state index >= 15 is 0 Å². The van der Waals surface area contributed by atoms with Crippen molar-refractivity contribution in [1.82, 2.24) is 8.96 Å². The molecule has 8 nitrogen and oxygen atoms in total. The molecule has 0 saturated carbocycles. The fraction of sp³-hybridized carbons (Fsp3) is 0.158. The lowest BCUT2D eigenvalue weighted by Crippen LogP contribution is -2.11. The van der Waals surface area contributed by atoms with Crippen LogP contribution in [0.3, 0.4) is 0 Å². The molecule has 0 aliphatic rings. The van der Waals surface area contributed by atoms with Crippen LogP contribution in [0.4, 0.5) is 0 Å². The number of carbonyl (C=O) groups is 1. The van der Waals surface area contributed by atoms with Gasteiger partial charge in [-0.25, -0.2) is 22.2 Å². The van der Waals surface area contributed by atoms with Gasteiger partial charge >= 0.3 is 5.97 Å². The summed E-state index contributed by atoms with van der Waals surface area (Å²) in [5, 5.41) is 9.36. The first kappa shape index (κ1) is 19.4. The Morgan fingerprint density at radius 3 is 2.43 bits per heavy atom. The largest absolute Gasteiger partial charge is 0.493 e. The molecule has 2 aromatic carbocycles. The van der Waals surface area contributed by atoms with Crippen LogP contribution in [0.15, 0.2) is 36.4 Å². The van der Waals surface area contributed by atoms with Crippen LogP contribution >= 0.6 is 0 Å². The van der Waals surface area contributed by atoms with Gasteiger partial charge in [-0.05, 0) is 35.9 Å². The van der Waals surface area contributed by atoms with Crippen molar-refractivity contribution in [2.45, 2.75) is 0 Å². The minimum Gasteiger partial charge on any atom is -0.493 e. The zero-order valence-electron chi connectivity index (χ0n) is 15.4. The van der Waals surface area contributed by atoms with Crippen LogP contribution in [-0.4, -0.2) is 48.9 Å². The van der Waals surface area contributed by atoms with Gasteiger partial charge < -0.3 is 14.6 Å². The number of imidazole rings is 1. The van der Waals surface area contributed by atoms with Gasteiger partial charge in [-0.2, -0.15) is 0 Å². The summed E-state index contributed by atoms with van der Waals surface area (Å²) in [6.45, 7) is 0. The Balaban J connectivity index is 2.16. The predicted octanol–water partition coefficient (Wildman–Crippen LogP) is 2.73. The van der Waals surface area contributed by atoms with Crippen LogP contribution in [0.5, 0.6) is 11.5 Å². The first-order chi connectivity index (χ1) is 13.3. The molecular weight excluding hydrogens is 384 g/mol. The number of carboxylic acid groups (broad SMARTS) is 1. The highest BCUT2D eigenvalue weighted by atomic mass is 32.2. The summed E-state index contributed by atoms with van der Waals surface area (Å²) in [6, 6.07) is 9.60. The van der Waals surface area contributed by atoms with E-state index in [4.69, 9.17) is 9.47 Å². The monoisotopic (exact) mass is 402 g/mol. The van der Waals surface area contributed by atoms with E-state index in [2.05, 4.69) is 4.98 Å². The normalized spacial score (nSPS) is 11.8. The minimum atomic E-state index is -3.72. The van der Waals surface area contributed by atoms with Crippen molar-refractivity contribution < 1.29 is 27.8 Å². The van der Waals surface area contributed by atoms with E-state index in [1.165, 1.54) is 38.5 Å². The van der Waals surface area contributed by atoms with Gasteiger partial charge in [0.2, 0.25) is 10.0 Å². The highest BCUT2D eigenvalue weighted by molar-refractivity contribution is 7.89. The zero-order chi connectivity index (χ0) is 20.5. The Bertz CT molecular complexity index is 1190. The van der Waals surface area contributed by atoms with Crippen LogP contribution in [0.2, 0.25) is 0 Å². The number of fused-ring (bicyclic) bond motifs is 1. The molecule has 0 radical (unpaired) electrons. The van der Waals surface area contributed by atoms with E-state index in [0.29, 0.717) is 11.5 Å². The van der Waals surface area contributed by atoms with Gasteiger partial charge in [0.15, 0.2) is 11.5 Å². The second-order valence-electron chi connectivity index (χ2n) is 5.92. The lowest BCUT2D eigenvalue weighted by molar-refractivity contribution is 0.0699. The Labute approximate surface area is 161 Å². The maximum atomic E-state index is 12.3. The number of carboxylic acids is 1. The molecule has 0 aliphatic carbocycles. The topological polar surface area (TPSA) is 108 Å². The summed E-state index contributed by atoms with van der Waals surface area (Å²) in [6.07, 6.45) is 4.20. The first-order valence-corrected chi connectivity index (χ1v) is 9.96. The van der Waals surface area contributed by atoms with Gasteiger partial charge in [0, 0.05) is 0 Å². The average molecular weight is 402 g/mol. The van der Waals surface area contributed by atoms with Gasteiger partial charge in [-0.15, -0.1) is 0 Å². The smallest absolute Gasteiger partial charge is 0.337 e. The SMILES string of the molecule is COc1ccc(C=Cc2nc3c(C(=O)O)cccc3n2S(C)(=O)=O)cc1OC. The van der Waals surface area contributed by atoms with Crippen molar-refractivity contribution in [3.63, 3.8) is 0 Å². The number of aromatic nitrogens is 2. The van der Waals surface area contributed by atoms with E-state index in [1.54, 1.807) is 24.3 Å². The van der Waals surface area contributed by atoms with Crippen LogP contribution in [0.25, 0.3) is 23.2 Å². The lowest BCUT2D eigenvalue weighted by Gasteiger charge is -2.07. The van der Waals surface area contributed by atoms with E-state index in [9.17, 15) is 18.3 Å². The summed E-state index contributed by atoms with van der Waals surface area (Å²) in [4.78, 5) is 15.7. The third-order valence-electron chi connectivity index (χ3n) is 4.06. The molecule has 0 aliphatic heterocycles. The number of nitrogens with zero attached hydrogens (tertiary/aromatic N) is 2. The van der Waals surface area contributed by atoms with Crippen molar-refractivity contribution in [3.05, 3.63) is 53.3 Å². The molecule has 0 saturated heterocycles. The molecule has 3 aromatic rings. The molecule has 1 aromatic heterocycles. The number of aromatic carboxylic acids is 1. The number of benzene rings is 2. The highest BCUT2D eigenvalue weighted by Crippen LogP contribution is 2.29. The standard InChI is InChI=1S/C19H18N2O6S/c1-26-15-9-7-12(11-16(15)27-2)8-10-17-20-18-13(19(22)23)5-4-6-14(18)21(17)28(3,24)25/h4-11H,1-3H3,(H,22,23). The minimum absolute atomic E-state index is 0.0688.